The van der Waals surface area contributed by atoms with E-state index in [-0.39, 0.29) is 6.04 Å². The van der Waals surface area contributed by atoms with Gasteiger partial charge in [0.15, 0.2) is 0 Å². The number of benzene rings is 1. The van der Waals surface area contributed by atoms with E-state index in [2.05, 4.69) is 9.62 Å². The summed E-state index contributed by atoms with van der Waals surface area (Å²) in [6.07, 6.45) is 0. The molecule has 2 rings (SSSR count). The van der Waals surface area contributed by atoms with Gasteiger partial charge in [-0.1, -0.05) is 6.92 Å². The number of rotatable bonds is 4. The number of nitrogens with one attached hydrogen (secondary N) is 1. The highest BCUT2D eigenvalue weighted by Gasteiger charge is 2.23. The lowest BCUT2D eigenvalue weighted by Gasteiger charge is -2.38. The van der Waals surface area contributed by atoms with Crippen LogP contribution in [0.4, 0.5) is 5.69 Å². The van der Waals surface area contributed by atoms with Crippen molar-refractivity contribution < 1.29 is 8.42 Å². The zero-order chi connectivity index (χ0) is 12.5. The van der Waals surface area contributed by atoms with E-state index in [1.165, 1.54) is 0 Å². The zero-order valence-electron chi connectivity index (χ0n) is 9.76. The Hall–Kier alpha value is -1.11. The monoisotopic (exact) mass is 255 g/mol. The molecule has 1 fully saturated rings. The van der Waals surface area contributed by atoms with Crippen molar-refractivity contribution in [3.8, 4) is 0 Å². The van der Waals surface area contributed by atoms with Crippen molar-refractivity contribution in [3.63, 3.8) is 0 Å². The summed E-state index contributed by atoms with van der Waals surface area (Å²) in [5.41, 5.74) is 6.71. The van der Waals surface area contributed by atoms with Gasteiger partial charge < -0.3 is 10.6 Å². The molecule has 1 aliphatic rings. The highest BCUT2D eigenvalue weighted by atomic mass is 32.2. The molecule has 94 valence electrons. The van der Waals surface area contributed by atoms with Crippen molar-refractivity contribution in [2.75, 3.05) is 24.5 Å². The summed E-state index contributed by atoms with van der Waals surface area (Å²) >= 11 is 0. The average molecular weight is 255 g/mol. The van der Waals surface area contributed by atoms with Crippen LogP contribution in [0.3, 0.4) is 0 Å². The van der Waals surface area contributed by atoms with E-state index in [0.717, 1.165) is 18.8 Å². The maximum Gasteiger partial charge on any atom is 0.240 e. The van der Waals surface area contributed by atoms with Crippen LogP contribution in [0.2, 0.25) is 0 Å². The van der Waals surface area contributed by atoms with Gasteiger partial charge in [-0.25, -0.2) is 13.1 Å². The average Bonchev–Trinajstić information content (AvgIpc) is 2.25. The summed E-state index contributed by atoms with van der Waals surface area (Å²) in [7, 11) is -3.35. The van der Waals surface area contributed by atoms with Crippen molar-refractivity contribution >= 4 is 15.7 Å². The predicted octanol–water partition coefficient (Wildman–Crippen LogP) is 0.132. The summed E-state index contributed by atoms with van der Waals surface area (Å²) in [5.74, 6) is 0. The quantitative estimate of drug-likeness (QED) is 0.802. The third-order valence-electron chi connectivity index (χ3n) is 2.76. The Labute approximate surface area is 102 Å². The Balaban J connectivity index is 2.13. The number of anilines is 1. The van der Waals surface area contributed by atoms with E-state index in [1.807, 2.05) is 12.1 Å². The molecule has 1 heterocycles. The molecule has 0 aliphatic carbocycles. The fourth-order valence-electron chi connectivity index (χ4n) is 1.83. The van der Waals surface area contributed by atoms with E-state index in [1.54, 1.807) is 19.1 Å². The van der Waals surface area contributed by atoms with Crippen LogP contribution in [-0.2, 0) is 10.0 Å². The second-order valence-corrected chi connectivity index (χ2v) is 5.93. The highest BCUT2D eigenvalue weighted by Crippen LogP contribution is 2.21. The molecule has 0 radical (unpaired) electrons. The molecular formula is C11H17N3O2S. The van der Waals surface area contributed by atoms with Crippen LogP contribution in [0.25, 0.3) is 0 Å². The van der Waals surface area contributed by atoms with Gasteiger partial charge in [-0.15, -0.1) is 0 Å². The van der Waals surface area contributed by atoms with Gasteiger partial charge in [0.2, 0.25) is 10.0 Å². The van der Waals surface area contributed by atoms with Crippen LogP contribution >= 0.6 is 0 Å². The second-order valence-electron chi connectivity index (χ2n) is 4.16. The van der Waals surface area contributed by atoms with E-state index in [9.17, 15) is 8.42 Å². The Morgan fingerprint density at radius 2 is 1.94 bits per heavy atom. The topological polar surface area (TPSA) is 75.4 Å². The summed E-state index contributed by atoms with van der Waals surface area (Å²) in [4.78, 5) is 2.42. The smallest absolute Gasteiger partial charge is 0.240 e. The standard InChI is InChI=1S/C11H17N3O2S/c1-2-13-17(15,16)11-5-3-10(4-6-11)14-7-9(12)8-14/h3-6,9,13H,2,7-8,12H2,1H3. The molecule has 1 aliphatic heterocycles. The van der Waals surface area contributed by atoms with Gasteiger partial charge in [0.05, 0.1) is 4.90 Å². The molecule has 1 aromatic carbocycles. The Kier molecular flexibility index (Phi) is 3.37. The van der Waals surface area contributed by atoms with Gasteiger partial charge >= 0.3 is 0 Å². The first kappa shape index (κ1) is 12.3. The molecule has 1 aromatic rings. The Morgan fingerprint density at radius 3 is 2.41 bits per heavy atom. The van der Waals surface area contributed by atoms with Crippen molar-refractivity contribution in [2.45, 2.75) is 17.9 Å². The number of nitrogens with zero attached hydrogens (tertiary/aromatic N) is 1. The first-order valence-corrected chi connectivity index (χ1v) is 7.11. The summed E-state index contributed by atoms with van der Waals surface area (Å²) < 4.78 is 25.9. The molecule has 0 spiro atoms. The summed E-state index contributed by atoms with van der Waals surface area (Å²) in [5, 5.41) is 0. The van der Waals surface area contributed by atoms with E-state index < -0.39 is 10.0 Å². The molecule has 6 heteroatoms. The molecule has 0 atom stereocenters. The van der Waals surface area contributed by atoms with E-state index in [4.69, 9.17) is 5.73 Å². The fourth-order valence-corrected chi connectivity index (χ4v) is 2.87. The predicted molar refractivity (Wildman–Crippen MR) is 67.5 cm³/mol. The highest BCUT2D eigenvalue weighted by molar-refractivity contribution is 7.89. The molecule has 3 N–H and O–H groups in total. The fraction of sp³-hybridized carbons (Fsp3) is 0.455. The molecule has 1 saturated heterocycles. The molecule has 0 unspecified atom stereocenters. The van der Waals surface area contributed by atoms with Gasteiger partial charge in [-0.2, -0.15) is 0 Å². The normalized spacial score (nSPS) is 16.9. The first-order chi connectivity index (χ1) is 8.03. The second kappa shape index (κ2) is 4.64. The van der Waals surface area contributed by atoms with Crippen molar-refractivity contribution in [2.24, 2.45) is 5.73 Å². The molecule has 0 aromatic heterocycles. The lowest BCUT2D eigenvalue weighted by atomic mass is 10.1. The summed E-state index contributed by atoms with van der Waals surface area (Å²) in [6, 6.07) is 7.11. The minimum atomic E-state index is -3.35. The maximum atomic E-state index is 11.7. The first-order valence-electron chi connectivity index (χ1n) is 5.63. The number of nitrogens with two attached hydrogens (primary N) is 1. The Bertz CT molecular complexity index is 478. The van der Waals surface area contributed by atoms with Gasteiger partial charge in [0, 0.05) is 31.4 Å². The van der Waals surface area contributed by atoms with Gasteiger partial charge in [-0.3, -0.25) is 0 Å². The van der Waals surface area contributed by atoms with Gasteiger partial charge in [0.25, 0.3) is 0 Å². The van der Waals surface area contributed by atoms with Gasteiger partial charge in [0.1, 0.15) is 0 Å². The Morgan fingerprint density at radius 1 is 1.35 bits per heavy atom. The van der Waals surface area contributed by atoms with Crippen LogP contribution in [0.5, 0.6) is 0 Å². The molecule has 0 amide bonds. The lowest BCUT2D eigenvalue weighted by Crippen LogP contribution is -2.55. The van der Waals surface area contributed by atoms with Crippen LogP contribution < -0.4 is 15.4 Å². The largest absolute Gasteiger partial charge is 0.368 e. The zero-order valence-corrected chi connectivity index (χ0v) is 10.6. The number of sulfonamides is 1. The van der Waals surface area contributed by atoms with Crippen molar-refractivity contribution in [3.05, 3.63) is 24.3 Å². The molecule has 0 bridgehead atoms. The molecule has 5 nitrogen and oxygen atoms in total. The van der Waals surface area contributed by atoms with E-state index in [0.29, 0.717) is 11.4 Å². The lowest BCUT2D eigenvalue weighted by molar-refractivity contribution is 0.519. The van der Waals surface area contributed by atoms with Crippen LogP contribution in [0, 0.1) is 0 Å². The molecule has 0 saturated carbocycles. The third-order valence-corrected chi connectivity index (χ3v) is 4.32. The van der Waals surface area contributed by atoms with Crippen LogP contribution in [-0.4, -0.2) is 34.1 Å². The third kappa shape index (κ3) is 2.59. The minimum absolute atomic E-state index is 0.236. The van der Waals surface area contributed by atoms with Crippen molar-refractivity contribution in [1.29, 1.82) is 0 Å². The van der Waals surface area contributed by atoms with E-state index >= 15 is 0 Å². The van der Waals surface area contributed by atoms with Gasteiger partial charge in [-0.05, 0) is 24.3 Å². The number of hydrogen-bond donors (Lipinski definition) is 2. The molecular weight excluding hydrogens is 238 g/mol. The van der Waals surface area contributed by atoms with Crippen LogP contribution in [0.15, 0.2) is 29.2 Å². The summed E-state index contributed by atoms with van der Waals surface area (Å²) in [6.45, 7) is 3.82. The molecule has 17 heavy (non-hydrogen) atoms. The minimum Gasteiger partial charge on any atom is -0.368 e. The SMILES string of the molecule is CCNS(=O)(=O)c1ccc(N2CC(N)C2)cc1. The van der Waals surface area contributed by atoms with Crippen molar-refractivity contribution in [1.82, 2.24) is 4.72 Å². The maximum absolute atomic E-state index is 11.7. The van der Waals surface area contributed by atoms with Crippen LogP contribution in [0.1, 0.15) is 6.92 Å². The number of hydrogen-bond acceptors (Lipinski definition) is 4.